The third-order valence-corrected chi connectivity index (χ3v) is 2.71. The number of hydrogen-bond donors (Lipinski definition) is 0. The van der Waals surface area contributed by atoms with Crippen LogP contribution in [0.1, 0.15) is 37.3 Å². The summed E-state index contributed by atoms with van der Waals surface area (Å²) in [5.74, 6) is 1.13. The molecule has 1 heterocycles. The van der Waals surface area contributed by atoms with Gasteiger partial charge in [0.2, 0.25) is 0 Å². The van der Waals surface area contributed by atoms with Crippen LogP contribution in [0.15, 0.2) is 18.2 Å². The van der Waals surface area contributed by atoms with Gasteiger partial charge in [-0.2, -0.15) is 6.61 Å². The number of para-hydroxylation sites is 1. The second kappa shape index (κ2) is 11.0. The minimum atomic E-state index is 0. The number of benzene rings is 1. The monoisotopic (exact) mass is 680 g/mol. The summed E-state index contributed by atoms with van der Waals surface area (Å²) < 4.78 is 5.63. The molecular weight excluding hydrogens is 660 g/mol. The molecule has 0 unspecified atom stereocenters. The molecular formula is C14H20OU2. The molecule has 0 N–H and O–H groups in total. The van der Waals surface area contributed by atoms with Crippen molar-refractivity contribution in [2.24, 2.45) is 0 Å². The predicted molar refractivity (Wildman–Crippen MR) is 64.7 cm³/mol. The van der Waals surface area contributed by atoms with Crippen molar-refractivity contribution in [1.29, 1.82) is 0 Å². The van der Waals surface area contributed by atoms with Gasteiger partial charge in [-0.15, -0.1) is 6.42 Å². The molecule has 0 spiro atoms. The van der Waals surface area contributed by atoms with Gasteiger partial charge in [0, 0.05) is 31.1 Å². The first kappa shape index (κ1) is 20.4. The second-order valence-electron chi connectivity index (χ2n) is 3.83. The molecule has 90 valence electrons. The van der Waals surface area contributed by atoms with Crippen molar-refractivity contribution in [2.45, 2.75) is 39.0 Å². The fourth-order valence-electron chi connectivity index (χ4n) is 1.91. The smallest absolute Gasteiger partial charge is 0.662 e. The Balaban J connectivity index is 0. The molecule has 0 radical (unpaired) electrons. The first-order chi connectivity index (χ1) is 6.92. The molecule has 1 nitrogen and oxygen atoms in total. The molecule has 3 heteroatoms. The molecule has 0 saturated carbocycles. The molecule has 1 aliphatic heterocycles. The summed E-state index contributed by atoms with van der Waals surface area (Å²) in [7, 11) is 0. The molecule has 0 amide bonds. The Kier molecular flexibility index (Phi) is 13.2. The van der Waals surface area contributed by atoms with Crippen LogP contribution in [0.25, 0.3) is 0 Å². The molecule has 2 rings (SSSR count). The summed E-state index contributed by atoms with van der Waals surface area (Å²) in [6, 6.07) is 6.52. The summed E-state index contributed by atoms with van der Waals surface area (Å²) >= 11 is 0. The predicted octanol–water partition coefficient (Wildman–Crippen LogP) is 3.97. The molecule has 17 heavy (non-hydrogen) atoms. The van der Waals surface area contributed by atoms with Crippen LogP contribution >= 0.6 is 0 Å². The maximum Gasteiger partial charge on any atom is 2.00 e. The van der Waals surface area contributed by atoms with Gasteiger partial charge >= 0.3 is 31.1 Å². The minimum absolute atomic E-state index is 0. The number of hydrogen-bond acceptors (Lipinski definition) is 1. The molecule has 0 aromatic heterocycles. The summed E-state index contributed by atoms with van der Waals surface area (Å²) in [4.78, 5) is 0. The second-order valence-corrected chi connectivity index (χ2v) is 3.83. The van der Waals surface area contributed by atoms with E-state index < -0.39 is 0 Å². The fourth-order valence-corrected chi connectivity index (χ4v) is 1.91. The number of unbranched alkanes of at least 4 members (excludes halogenated alkanes) is 1. The normalized spacial score (nSPS) is 12.1. The van der Waals surface area contributed by atoms with Crippen LogP contribution in [0.4, 0.5) is 0 Å². The molecule has 0 fully saturated rings. The maximum absolute atomic E-state index is 5.63. The van der Waals surface area contributed by atoms with Gasteiger partial charge in [0.05, 0.1) is 5.75 Å². The van der Waals surface area contributed by atoms with Crippen LogP contribution in [0, 0.1) is 76.3 Å². The number of ether oxygens (including phenoxy) is 1. The average Bonchev–Trinajstić information content (AvgIpc) is 2.26. The van der Waals surface area contributed by atoms with E-state index in [0.717, 1.165) is 25.0 Å². The van der Waals surface area contributed by atoms with E-state index in [1.165, 1.54) is 24.0 Å². The minimum Gasteiger partial charge on any atom is -0.662 e. The quantitative estimate of drug-likeness (QED) is 0.440. The Bertz CT molecular complexity index is 313. The summed E-state index contributed by atoms with van der Waals surface area (Å²) in [5.41, 5.74) is 2.75. The van der Waals surface area contributed by atoms with Gasteiger partial charge in [0.15, 0.2) is 0 Å². The van der Waals surface area contributed by atoms with Crippen molar-refractivity contribution in [3.63, 3.8) is 0 Å². The van der Waals surface area contributed by atoms with Crippen molar-refractivity contribution in [3.8, 4) is 5.75 Å². The van der Waals surface area contributed by atoms with E-state index in [1.54, 1.807) is 0 Å². The first-order valence-corrected chi connectivity index (χ1v) is 5.51. The topological polar surface area (TPSA) is 9.23 Å². The van der Waals surface area contributed by atoms with Gasteiger partial charge in [-0.3, -0.25) is 0 Å². The molecule has 1 aliphatic rings. The summed E-state index contributed by atoms with van der Waals surface area (Å²) in [5, 5.41) is 0. The van der Waals surface area contributed by atoms with Crippen molar-refractivity contribution >= 4 is 0 Å². The zero-order valence-corrected chi connectivity index (χ0v) is 19.1. The third kappa shape index (κ3) is 5.74. The van der Waals surface area contributed by atoms with Crippen LogP contribution in [0.5, 0.6) is 5.75 Å². The largest absolute Gasteiger partial charge is 2.00 e. The van der Waals surface area contributed by atoms with E-state index in [0.29, 0.717) is 0 Å². The Morgan fingerprint density at radius 2 is 2.12 bits per heavy atom. The first-order valence-electron chi connectivity index (χ1n) is 5.51. The molecule has 0 atom stereocenters. The van der Waals surface area contributed by atoms with Gasteiger partial charge in [-0.25, -0.2) is 0 Å². The summed E-state index contributed by atoms with van der Waals surface area (Å²) in [6.45, 7) is 4.15. The Hall–Kier alpha value is 1.12. The van der Waals surface area contributed by atoms with E-state index >= 15 is 0 Å². The van der Waals surface area contributed by atoms with Crippen molar-refractivity contribution in [3.05, 3.63) is 43.4 Å². The Labute approximate surface area is 153 Å². The van der Waals surface area contributed by atoms with Crippen LogP contribution in [0.3, 0.4) is 0 Å². The van der Waals surface area contributed by atoms with Crippen molar-refractivity contribution in [2.75, 3.05) is 0 Å². The van der Waals surface area contributed by atoms with Crippen molar-refractivity contribution in [1.82, 2.24) is 0 Å². The zero-order chi connectivity index (χ0) is 9.80. The van der Waals surface area contributed by atoms with E-state index in [4.69, 9.17) is 4.74 Å². The Morgan fingerprint density at radius 1 is 1.35 bits per heavy atom. The van der Waals surface area contributed by atoms with Crippen molar-refractivity contribution < 1.29 is 67.0 Å². The molecule has 0 aliphatic carbocycles. The van der Waals surface area contributed by atoms with Gasteiger partial charge in [0.1, 0.15) is 0 Å². The Morgan fingerprint density at radius 3 is 2.82 bits per heavy atom. The van der Waals surface area contributed by atoms with Crippen LogP contribution in [-0.4, -0.2) is 0 Å². The summed E-state index contributed by atoms with van der Waals surface area (Å²) in [6.07, 6.45) is 5.82. The fraction of sp³-hybridized carbons (Fsp3) is 0.429. The molecule has 0 saturated heterocycles. The maximum atomic E-state index is 5.63. The van der Waals surface area contributed by atoms with Gasteiger partial charge in [-0.05, 0) is 30.4 Å². The van der Waals surface area contributed by atoms with Gasteiger partial charge in [0.25, 0.3) is 0 Å². The number of aryl methyl sites for hydroxylation is 2. The molecule has 0 bridgehead atoms. The van der Waals surface area contributed by atoms with Crippen LogP contribution < -0.4 is 4.74 Å². The van der Waals surface area contributed by atoms with Crippen LogP contribution in [0.2, 0.25) is 0 Å². The standard InChI is InChI=1S/C13H17O.CH3.2U/c1-2-3-6-11-7-4-8-12-9-5-10-14-13(11)12;;;/h4,7-8,10H,2-3,5-6,9H2,1H3;1H3;;/q2*-1;;+2. The molecule has 1 aromatic rings. The van der Waals surface area contributed by atoms with Gasteiger partial charge in [-0.1, -0.05) is 31.5 Å². The SMILES string of the molecule is CCCCc1cccc2c1O[CH-]CC2.[CH3-].[U+2].[U]. The van der Waals surface area contributed by atoms with E-state index in [-0.39, 0.29) is 69.7 Å². The van der Waals surface area contributed by atoms with E-state index in [1.807, 2.05) is 6.61 Å². The number of rotatable bonds is 3. The molecule has 1 aromatic carbocycles. The van der Waals surface area contributed by atoms with Crippen LogP contribution in [-0.2, 0) is 12.8 Å². The number of fused-ring (bicyclic) bond motifs is 1. The van der Waals surface area contributed by atoms with E-state index in [9.17, 15) is 0 Å². The zero-order valence-electron chi connectivity index (χ0n) is 10.8. The van der Waals surface area contributed by atoms with E-state index in [2.05, 4.69) is 25.1 Å². The average molecular weight is 680 g/mol. The van der Waals surface area contributed by atoms with Gasteiger partial charge < -0.3 is 12.2 Å². The third-order valence-electron chi connectivity index (χ3n) is 2.71.